The summed E-state index contributed by atoms with van der Waals surface area (Å²) in [5.74, 6) is 0.782. The van der Waals surface area contributed by atoms with E-state index in [9.17, 15) is 15.0 Å². The number of aromatic nitrogens is 4. The molecule has 1 fully saturated rings. The van der Waals surface area contributed by atoms with Gasteiger partial charge in [0, 0.05) is 31.7 Å². The van der Waals surface area contributed by atoms with E-state index in [0.29, 0.717) is 36.2 Å². The maximum absolute atomic E-state index is 13.0. The maximum Gasteiger partial charge on any atom is 0.263 e. The molecule has 4 N–H and O–H groups in total. The summed E-state index contributed by atoms with van der Waals surface area (Å²) in [5.41, 5.74) is 0.163. The number of halogens is 1. The van der Waals surface area contributed by atoms with E-state index in [1.54, 1.807) is 30.2 Å². The van der Waals surface area contributed by atoms with Gasteiger partial charge in [-0.1, -0.05) is 17.7 Å². The third-order valence-corrected chi connectivity index (χ3v) is 6.21. The zero-order valence-electron chi connectivity index (χ0n) is 19.1. The predicted octanol–water partition coefficient (Wildman–Crippen LogP) is 2.12. The van der Waals surface area contributed by atoms with Crippen molar-refractivity contribution < 1.29 is 19.7 Å². The molecule has 0 radical (unpaired) electrons. The van der Waals surface area contributed by atoms with Gasteiger partial charge in [-0.3, -0.25) is 10.1 Å². The largest absolute Gasteiger partial charge is 0.495 e. The van der Waals surface area contributed by atoms with Gasteiger partial charge in [0.2, 0.25) is 11.9 Å². The lowest BCUT2D eigenvalue weighted by molar-refractivity contribution is 0.102. The third-order valence-electron chi connectivity index (χ3n) is 5.91. The van der Waals surface area contributed by atoms with E-state index >= 15 is 0 Å². The molecule has 12 heteroatoms. The molecule has 0 aliphatic carbocycles. The summed E-state index contributed by atoms with van der Waals surface area (Å²) in [6.45, 7) is 0.395. The van der Waals surface area contributed by atoms with Crippen LogP contribution in [0.5, 0.6) is 5.75 Å². The molecule has 3 heterocycles. The summed E-state index contributed by atoms with van der Waals surface area (Å²) in [4.78, 5) is 31.8. The minimum Gasteiger partial charge on any atom is -0.495 e. The van der Waals surface area contributed by atoms with Crippen molar-refractivity contribution in [2.45, 2.75) is 24.9 Å². The van der Waals surface area contributed by atoms with Crippen molar-refractivity contribution >= 4 is 35.2 Å². The maximum atomic E-state index is 13.0. The van der Waals surface area contributed by atoms with Gasteiger partial charge in [-0.15, -0.1) is 0 Å². The van der Waals surface area contributed by atoms with Crippen LogP contribution in [0.15, 0.2) is 42.9 Å². The number of aliphatic hydroxyl groups excluding tert-OH is 2. The molecule has 1 aliphatic rings. The average Bonchev–Trinajstić information content (AvgIpc) is 3.32. The van der Waals surface area contributed by atoms with E-state index in [1.807, 2.05) is 6.07 Å². The van der Waals surface area contributed by atoms with Gasteiger partial charge in [0.25, 0.3) is 5.91 Å². The summed E-state index contributed by atoms with van der Waals surface area (Å²) in [6.07, 6.45) is 5.81. The number of benzene rings is 1. The van der Waals surface area contributed by atoms with Gasteiger partial charge in [0.05, 0.1) is 30.9 Å². The second-order valence-corrected chi connectivity index (χ2v) is 8.48. The van der Waals surface area contributed by atoms with Crippen LogP contribution in [0.1, 0.15) is 28.8 Å². The van der Waals surface area contributed by atoms with Crippen molar-refractivity contribution in [2.24, 2.45) is 0 Å². The molecule has 0 bridgehead atoms. The Kier molecular flexibility index (Phi) is 7.59. The lowest BCUT2D eigenvalue weighted by Crippen LogP contribution is -2.51. The Morgan fingerprint density at radius 1 is 1.23 bits per heavy atom. The van der Waals surface area contributed by atoms with Gasteiger partial charge in [-0.05, 0) is 36.6 Å². The fourth-order valence-electron chi connectivity index (χ4n) is 3.97. The van der Waals surface area contributed by atoms with Crippen LogP contribution in [0.3, 0.4) is 0 Å². The number of amides is 1. The molecule has 0 spiro atoms. The number of ether oxygens (including phenoxy) is 1. The highest BCUT2D eigenvalue weighted by atomic mass is 35.5. The van der Waals surface area contributed by atoms with Crippen LogP contribution in [-0.2, 0) is 6.54 Å². The van der Waals surface area contributed by atoms with Crippen LogP contribution in [0.25, 0.3) is 0 Å². The smallest absolute Gasteiger partial charge is 0.263 e. The standard InChI is InChI=1S/C23H26ClN7O4/c1-35-18-5-4-15(10-17(18)24)11-27-19-16(20(34)30-21-25-7-3-8-26-21)12-28-22(29-19)31-9-2-6-23(31,13-32)14-33/h3-5,7-8,10,12,32-33H,2,6,9,11,13-14H2,1H3,(H,27,28,29)(H,25,26,30,34). The first-order chi connectivity index (χ1) is 17.0. The molecular formula is C23H26ClN7O4. The van der Waals surface area contributed by atoms with Crippen molar-refractivity contribution in [3.63, 3.8) is 0 Å². The van der Waals surface area contributed by atoms with Crippen LogP contribution in [-0.4, -0.2) is 68.5 Å². The number of carbonyl (C=O) groups excluding carboxylic acids is 1. The Morgan fingerprint density at radius 2 is 2.00 bits per heavy atom. The fourth-order valence-corrected chi connectivity index (χ4v) is 4.25. The highest BCUT2D eigenvalue weighted by Crippen LogP contribution is 2.33. The first-order valence-corrected chi connectivity index (χ1v) is 11.4. The normalized spacial score (nSPS) is 14.6. The van der Waals surface area contributed by atoms with Crippen molar-refractivity contribution in [1.82, 2.24) is 19.9 Å². The van der Waals surface area contributed by atoms with E-state index in [2.05, 4.69) is 30.6 Å². The number of rotatable bonds is 9. The second kappa shape index (κ2) is 10.8. The number of hydrogen-bond donors (Lipinski definition) is 4. The summed E-state index contributed by atoms with van der Waals surface area (Å²) in [5, 5.41) is 26.2. The number of aliphatic hydroxyl groups is 2. The van der Waals surface area contributed by atoms with Gasteiger partial charge in [0.1, 0.15) is 17.1 Å². The summed E-state index contributed by atoms with van der Waals surface area (Å²) in [6, 6.07) is 7.01. The number of anilines is 3. The van der Waals surface area contributed by atoms with Gasteiger partial charge < -0.3 is 25.2 Å². The number of nitrogens with one attached hydrogen (secondary N) is 2. The summed E-state index contributed by atoms with van der Waals surface area (Å²) < 4.78 is 5.20. The summed E-state index contributed by atoms with van der Waals surface area (Å²) in [7, 11) is 1.54. The molecule has 35 heavy (non-hydrogen) atoms. The van der Waals surface area contributed by atoms with Crippen LogP contribution >= 0.6 is 11.6 Å². The van der Waals surface area contributed by atoms with Crippen LogP contribution in [0.4, 0.5) is 17.7 Å². The van der Waals surface area contributed by atoms with Crippen LogP contribution in [0.2, 0.25) is 5.02 Å². The second-order valence-electron chi connectivity index (χ2n) is 8.08. The first-order valence-electron chi connectivity index (χ1n) is 11.0. The van der Waals surface area contributed by atoms with E-state index in [-0.39, 0.29) is 30.5 Å². The Balaban J connectivity index is 1.65. The van der Waals surface area contributed by atoms with E-state index in [1.165, 1.54) is 18.6 Å². The van der Waals surface area contributed by atoms with Crippen molar-refractivity contribution in [3.05, 3.63) is 59.0 Å². The lowest BCUT2D eigenvalue weighted by Gasteiger charge is -2.35. The van der Waals surface area contributed by atoms with Crippen LogP contribution < -0.4 is 20.3 Å². The minimum absolute atomic E-state index is 0.147. The highest BCUT2D eigenvalue weighted by molar-refractivity contribution is 6.32. The fraction of sp³-hybridized carbons (Fsp3) is 0.348. The Morgan fingerprint density at radius 3 is 2.69 bits per heavy atom. The number of nitrogens with zero attached hydrogens (tertiary/aromatic N) is 5. The first kappa shape index (κ1) is 24.6. The lowest BCUT2D eigenvalue weighted by atomic mass is 9.99. The minimum atomic E-state index is -0.859. The molecule has 2 aromatic heterocycles. The molecule has 0 atom stereocenters. The number of methoxy groups -OCH3 is 1. The molecule has 1 aromatic carbocycles. The number of hydrogen-bond acceptors (Lipinski definition) is 10. The van der Waals surface area contributed by atoms with Crippen LogP contribution in [0, 0.1) is 0 Å². The number of carbonyl (C=O) groups is 1. The molecule has 1 aliphatic heterocycles. The Bertz CT molecular complexity index is 1180. The topological polar surface area (TPSA) is 146 Å². The summed E-state index contributed by atoms with van der Waals surface area (Å²) >= 11 is 6.25. The van der Waals surface area contributed by atoms with E-state index in [4.69, 9.17) is 16.3 Å². The molecule has 0 saturated carbocycles. The Labute approximate surface area is 207 Å². The van der Waals surface area contributed by atoms with Crippen molar-refractivity contribution in [3.8, 4) is 5.75 Å². The predicted molar refractivity (Wildman–Crippen MR) is 131 cm³/mol. The third kappa shape index (κ3) is 5.26. The molecule has 0 unspecified atom stereocenters. The molecule has 1 saturated heterocycles. The van der Waals surface area contributed by atoms with E-state index in [0.717, 1.165) is 12.0 Å². The quantitative estimate of drug-likeness (QED) is 0.345. The molecule has 3 aromatic rings. The molecule has 1 amide bonds. The van der Waals surface area contributed by atoms with Crippen molar-refractivity contribution in [2.75, 3.05) is 42.4 Å². The van der Waals surface area contributed by atoms with Gasteiger partial charge in [-0.25, -0.2) is 15.0 Å². The molecule has 184 valence electrons. The van der Waals surface area contributed by atoms with Gasteiger partial charge in [0.15, 0.2) is 0 Å². The molecular weight excluding hydrogens is 474 g/mol. The molecule has 4 rings (SSSR count). The average molecular weight is 500 g/mol. The van der Waals surface area contributed by atoms with E-state index < -0.39 is 11.4 Å². The highest BCUT2D eigenvalue weighted by Gasteiger charge is 2.41. The zero-order valence-corrected chi connectivity index (χ0v) is 19.9. The zero-order chi connectivity index (χ0) is 24.8. The SMILES string of the molecule is COc1ccc(CNc2nc(N3CCCC3(CO)CO)ncc2C(=O)Nc2ncccn2)cc1Cl. The Hall–Kier alpha value is -3.54. The van der Waals surface area contributed by atoms with Crippen molar-refractivity contribution in [1.29, 1.82) is 0 Å². The van der Waals surface area contributed by atoms with Gasteiger partial charge in [-0.2, -0.15) is 4.98 Å². The molecule has 11 nitrogen and oxygen atoms in total. The van der Waals surface area contributed by atoms with Gasteiger partial charge >= 0.3 is 0 Å². The monoisotopic (exact) mass is 499 g/mol.